The minimum absolute atomic E-state index is 0.000869. The number of benzene rings is 2. The summed E-state index contributed by atoms with van der Waals surface area (Å²) < 4.78 is 47.3. The second-order valence-corrected chi connectivity index (χ2v) is 10.3. The topological polar surface area (TPSA) is 154 Å². The first-order valence-corrected chi connectivity index (χ1v) is 12.5. The van der Waals surface area contributed by atoms with E-state index in [9.17, 15) is 17.4 Å². The van der Waals surface area contributed by atoms with E-state index in [4.69, 9.17) is 20.4 Å². The van der Waals surface area contributed by atoms with Crippen LogP contribution >= 0.6 is 0 Å². The molecule has 0 saturated heterocycles. The van der Waals surface area contributed by atoms with E-state index in [1.165, 1.54) is 12.1 Å². The predicted molar refractivity (Wildman–Crippen MR) is 123 cm³/mol. The van der Waals surface area contributed by atoms with E-state index in [0.29, 0.717) is 18.0 Å². The fraction of sp³-hybridized carbons (Fsp3) is 0.300. The van der Waals surface area contributed by atoms with Crippen LogP contribution in [0.3, 0.4) is 0 Å². The van der Waals surface area contributed by atoms with Gasteiger partial charge in [-0.1, -0.05) is 12.1 Å². The highest BCUT2D eigenvalue weighted by Crippen LogP contribution is 2.30. The van der Waals surface area contributed by atoms with Gasteiger partial charge in [-0.05, 0) is 50.0 Å². The lowest BCUT2D eigenvalue weighted by Crippen LogP contribution is -2.24. The van der Waals surface area contributed by atoms with Crippen LogP contribution < -0.4 is 16.2 Å². The molecule has 0 fully saturated rings. The molecule has 4 N–H and O–H groups in total. The molecule has 0 heterocycles. The van der Waals surface area contributed by atoms with E-state index in [0.717, 1.165) is 17.9 Å². The van der Waals surface area contributed by atoms with Crippen LogP contribution in [0, 0.1) is 0 Å². The number of carbonyl (C=O) groups is 1. The Morgan fingerprint density at radius 2 is 1.78 bits per heavy atom. The van der Waals surface area contributed by atoms with E-state index >= 15 is 0 Å². The summed E-state index contributed by atoms with van der Waals surface area (Å²) in [6, 6.07) is 10.6. The van der Waals surface area contributed by atoms with Crippen LogP contribution in [-0.2, 0) is 31.7 Å². The number of ether oxygens (including phenoxy) is 1. The Labute approximate surface area is 189 Å². The first-order chi connectivity index (χ1) is 15.0. The number of sulfone groups is 1. The molecule has 12 heteroatoms. The molecule has 0 spiro atoms. The SMILES string of the molecule is CN(C)CCS(=O)OCc1ccc(Oc2ccc(C(=O)N=C(N)N)cc2S(C)(=O)=O)cc1. The Kier molecular flexibility index (Phi) is 8.89. The van der Waals surface area contributed by atoms with Crippen molar-refractivity contribution in [1.82, 2.24) is 4.90 Å². The molecule has 0 aliphatic carbocycles. The van der Waals surface area contributed by atoms with Crippen molar-refractivity contribution in [1.29, 1.82) is 0 Å². The Morgan fingerprint density at radius 3 is 2.34 bits per heavy atom. The molecule has 0 aliphatic heterocycles. The van der Waals surface area contributed by atoms with Gasteiger partial charge in [0.15, 0.2) is 26.9 Å². The third-order valence-electron chi connectivity index (χ3n) is 4.03. The predicted octanol–water partition coefficient (Wildman–Crippen LogP) is 1.04. The van der Waals surface area contributed by atoms with E-state index < -0.39 is 32.8 Å². The lowest BCUT2D eigenvalue weighted by Gasteiger charge is -2.12. The van der Waals surface area contributed by atoms with Crippen LogP contribution in [0.1, 0.15) is 15.9 Å². The molecule has 2 aromatic carbocycles. The molecule has 174 valence electrons. The molecule has 2 rings (SSSR count). The Morgan fingerprint density at radius 1 is 1.12 bits per heavy atom. The molecular formula is C20H26N4O6S2. The molecule has 10 nitrogen and oxygen atoms in total. The van der Waals surface area contributed by atoms with E-state index in [1.54, 1.807) is 24.3 Å². The minimum atomic E-state index is -3.72. The molecule has 0 bridgehead atoms. The van der Waals surface area contributed by atoms with E-state index in [1.807, 2.05) is 19.0 Å². The number of guanidine groups is 1. The summed E-state index contributed by atoms with van der Waals surface area (Å²) in [6.45, 7) is 0.814. The number of rotatable bonds is 10. The van der Waals surface area contributed by atoms with Gasteiger partial charge in [-0.15, -0.1) is 0 Å². The van der Waals surface area contributed by atoms with Crippen LogP contribution in [0.2, 0.25) is 0 Å². The Balaban J connectivity index is 2.14. The molecule has 2 aromatic rings. The van der Waals surface area contributed by atoms with Gasteiger partial charge in [-0.2, -0.15) is 4.99 Å². The quantitative estimate of drug-likeness (QED) is 0.373. The van der Waals surface area contributed by atoms with Crippen molar-refractivity contribution in [2.75, 3.05) is 32.6 Å². The van der Waals surface area contributed by atoms with Gasteiger partial charge in [-0.25, -0.2) is 12.6 Å². The third kappa shape index (κ3) is 8.04. The Hall–Kier alpha value is -2.80. The zero-order valence-electron chi connectivity index (χ0n) is 18.0. The number of nitrogens with zero attached hydrogens (tertiary/aromatic N) is 2. The molecule has 32 heavy (non-hydrogen) atoms. The molecule has 0 aliphatic rings. The smallest absolute Gasteiger partial charge is 0.280 e. The number of amides is 1. The van der Waals surface area contributed by atoms with Crippen LogP contribution in [0.15, 0.2) is 52.4 Å². The molecule has 1 unspecified atom stereocenters. The maximum Gasteiger partial charge on any atom is 0.280 e. The zero-order chi connectivity index (χ0) is 23.9. The fourth-order valence-electron chi connectivity index (χ4n) is 2.43. The van der Waals surface area contributed by atoms with Gasteiger partial charge in [0.2, 0.25) is 0 Å². The number of nitrogens with two attached hydrogens (primary N) is 2. The van der Waals surface area contributed by atoms with Gasteiger partial charge in [0, 0.05) is 18.4 Å². The lowest BCUT2D eigenvalue weighted by molar-refractivity contribution is 0.100. The number of aliphatic imine (C=N–C) groups is 1. The zero-order valence-corrected chi connectivity index (χ0v) is 19.6. The first kappa shape index (κ1) is 25.5. The second-order valence-electron chi connectivity index (χ2n) is 7.09. The standard InChI is InChI=1S/C20H26N4O6S2/c1-24(2)10-11-31(26)29-13-14-4-7-16(8-5-14)30-17-9-6-15(19(25)23-20(21)22)12-18(17)32(3,27)28/h4-9,12H,10-11,13H2,1-3H3,(H4,21,22,23,25). The van der Waals surface area contributed by atoms with Gasteiger partial charge in [0.05, 0.1) is 12.4 Å². The van der Waals surface area contributed by atoms with Crippen molar-refractivity contribution in [3.8, 4) is 11.5 Å². The van der Waals surface area contributed by atoms with Gasteiger partial charge < -0.3 is 21.1 Å². The molecule has 1 amide bonds. The van der Waals surface area contributed by atoms with Gasteiger partial charge >= 0.3 is 0 Å². The second kappa shape index (κ2) is 11.2. The third-order valence-corrected chi connectivity index (χ3v) is 6.05. The van der Waals surface area contributed by atoms with Gasteiger partial charge in [0.25, 0.3) is 5.91 Å². The monoisotopic (exact) mass is 482 g/mol. The summed E-state index contributed by atoms with van der Waals surface area (Å²) >= 11 is -1.39. The average Bonchev–Trinajstić information content (AvgIpc) is 2.70. The summed E-state index contributed by atoms with van der Waals surface area (Å²) in [5.74, 6) is -0.377. The van der Waals surface area contributed by atoms with Crippen molar-refractivity contribution in [2.45, 2.75) is 11.5 Å². The van der Waals surface area contributed by atoms with Crippen molar-refractivity contribution < 1.29 is 26.3 Å². The average molecular weight is 483 g/mol. The maximum absolute atomic E-state index is 12.2. The number of hydrogen-bond donors (Lipinski definition) is 2. The summed E-state index contributed by atoms with van der Waals surface area (Å²) in [5.41, 5.74) is 11.2. The first-order valence-electron chi connectivity index (χ1n) is 9.37. The largest absolute Gasteiger partial charge is 0.456 e. The molecule has 0 radical (unpaired) electrons. The normalized spacial score (nSPS) is 12.4. The highest BCUT2D eigenvalue weighted by Gasteiger charge is 2.19. The summed E-state index contributed by atoms with van der Waals surface area (Å²) in [6.07, 6.45) is 1.00. The highest BCUT2D eigenvalue weighted by atomic mass is 32.2. The van der Waals surface area contributed by atoms with Crippen molar-refractivity contribution in [3.05, 3.63) is 53.6 Å². The fourth-order valence-corrected chi connectivity index (χ4v) is 4.14. The highest BCUT2D eigenvalue weighted by molar-refractivity contribution is 7.90. The van der Waals surface area contributed by atoms with Gasteiger partial charge in [0.1, 0.15) is 16.4 Å². The number of hydrogen-bond acceptors (Lipinski definition) is 7. The van der Waals surface area contributed by atoms with Crippen molar-refractivity contribution in [2.24, 2.45) is 16.5 Å². The molecule has 1 atom stereocenters. The van der Waals surface area contributed by atoms with E-state index in [-0.39, 0.29) is 22.8 Å². The van der Waals surface area contributed by atoms with Gasteiger partial charge in [-0.3, -0.25) is 8.98 Å². The van der Waals surface area contributed by atoms with Crippen molar-refractivity contribution >= 4 is 32.8 Å². The van der Waals surface area contributed by atoms with Crippen molar-refractivity contribution in [3.63, 3.8) is 0 Å². The molecule has 0 aromatic heterocycles. The summed E-state index contributed by atoms with van der Waals surface area (Å²) in [4.78, 5) is 17.1. The summed E-state index contributed by atoms with van der Waals surface area (Å²) in [7, 11) is 0.0573. The van der Waals surface area contributed by atoms with Crippen LogP contribution in [0.25, 0.3) is 0 Å². The molecular weight excluding hydrogens is 456 g/mol. The van der Waals surface area contributed by atoms with Crippen LogP contribution in [0.4, 0.5) is 0 Å². The lowest BCUT2D eigenvalue weighted by atomic mass is 10.2. The van der Waals surface area contributed by atoms with Crippen LogP contribution in [-0.4, -0.2) is 62.0 Å². The summed E-state index contributed by atoms with van der Waals surface area (Å²) in [5, 5.41) is 0. The number of carbonyl (C=O) groups excluding carboxylic acids is 1. The minimum Gasteiger partial charge on any atom is -0.456 e. The Bertz CT molecular complexity index is 1110. The van der Waals surface area contributed by atoms with E-state index in [2.05, 4.69) is 4.99 Å². The molecule has 0 saturated carbocycles. The maximum atomic E-state index is 12.2. The van der Waals surface area contributed by atoms with Crippen LogP contribution in [0.5, 0.6) is 11.5 Å².